The van der Waals surface area contributed by atoms with Gasteiger partial charge in [0, 0.05) is 19.0 Å². The van der Waals surface area contributed by atoms with Crippen LogP contribution in [0.5, 0.6) is 0 Å². The van der Waals surface area contributed by atoms with E-state index in [9.17, 15) is 4.79 Å². The molecule has 0 aliphatic carbocycles. The molecule has 0 bridgehead atoms. The predicted octanol–water partition coefficient (Wildman–Crippen LogP) is 3.00. The minimum Gasteiger partial charge on any atom is -0.327 e. The number of fused-ring (bicyclic) bond motifs is 1. The molecular weight excluding hydrogens is 298 g/mol. The number of amides is 1. The molecule has 3 rings (SSSR count). The summed E-state index contributed by atoms with van der Waals surface area (Å²) in [6, 6.07) is 16.4. The fraction of sp³-hybridized carbons (Fsp3) is 0.400. The molecule has 4 heteroatoms. The Morgan fingerprint density at radius 3 is 2.92 bits per heavy atom. The van der Waals surface area contributed by atoms with Crippen molar-refractivity contribution in [3.05, 3.63) is 48.0 Å². The van der Waals surface area contributed by atoms with Gasteiger partial charge in [0.2, 0.25) is 5.91 Å². The highest BCUT2D eigenvalue weighted by molar-refractivity contribution is 5.85. The minimum atomic E-state index is -0.261. The summed E-state index contributed by atoms with van der Waals surface area (Å²) in [5.74, 6) is 0.0180. The number of carbonyl (C=O) groups excluding carboxylic acids is 1. The van der Waals surface area contributed by atoms with E-state index in [1.165, 1.54) is 16.3 Å². The third kappa shape index (κ3) is 3.58. The Labute approximate surface area is 142 Å². The van der Waals surface area contributed by atoms with Crippen LogP contribution in [0.2, 0.25) is 0 Å². The first kappa shape index (κ1) is 16.5. The SMILES string of the molecule is N#CC1CCCN1C(=O)CC(N)CCc1cccc2ccccc12. The average molecular weight is 321 g/mol. The van der Waals surface area contributed by atoms with Crippen molar-refractivity contribution < 1.29 is 4.79 Å². The molecule has 0 saturated carbocycles. The summed E-state index contributed by atoms with van der Waals surface area (Å²) in [6.45, 7) is 0.688. The Morgan fingerprint density at radius 2 is 2.08 bits per heavy atom. The van der Waals surface area contributed by atoms with Crippen LogP contribution in [0.25, 0.3) is 10.8 Å². The Bertz CT molecular complexity index is 760. The number of carbonyl (C=O) groups is 1. The van der Waals surface area contributed by atoms with Gasteiger partial charge in [0.05, 0.1) is 6.07 Å². The van der Waals surface area contributed by atoms with Crippen molar-refractivity contribution in [1.29, 1.82) is 5.26 Å². The highest BCUT2D eigenvalue weighted by atomic mass is 16.2. The summed E-state index contributed by atoms with van der Waals surface area (Å²) in [4.78, 5) is 14.0. The molecule has 0 radical (unpaired) electrons. The third-order valence-corrected chi connectivity index (χ3v) is 4.82. The van der Waals surface area contributed by atoms with E-state index in [1.807, 2.05) is 12.1 Å². The number of aryl methyl sites for hydroxylation is 1. The van der Waals surface area contributed by atoms with Gasteiger partial charge in [0.15, 0.2) is 0 Å². The summed E-state index contributed by atoms with van der Waals surface area (Å²) in [6.07, 6.45) is 3.65. The molecule has 2 atom stereocenters. The van der Waals surface area contributed by atoms with Crippen molar-refractivity contribution >= 4 is 16.7 Å². The van der Waals surface area contributed by atoms with E-state index in [0.29, 0.717) is 13.0 Å². The molecule has 1 aliphatic heterocycles. The maximum Gasteiger partial charge on any atom is 0.225 e. The first-order chi connectivity index (χ1) is 11.7. The lowest BCUT2D eigenvalue weighted by molar-refractivity contribution is -0.131. The fourth-order valence-corrected chi connectivity index (χ4v) is 3.49. The zero-order valence-electron chi connectivity index (χ0n) is 13.8. The molecule has 2 aromatic carbocycles. The van der Waals surface area contributed by atoms with Crippen LogP contribution < -0.4 is 5.73 Å². The Balaban J connectivity index is 1.58. The second-order valence-electron chi connectivity index (χ2n) is 6.52. The van der Waals surface area contributed by atoms with Crippen molar-refractivity contribution in [3.63, 3.8) is 0 Å². The van der Waals surface area contributed by atoms with Crippen LogP contribution in [0.4, 0.5) is 0 Å². The lowest BCUT2D eigenvalue weighted by Gasteiger charge is -2.21. The molecule has 2 unspecified atom stereocenters. The van der Waals surface area contributed by atoms with E-state index in [2.05, 4.69) is 36.4 Å². The van der Waals surface area contributed by atoms with Gasteiger partial charge >= 0.3 is 0 Å². The second kappa shape index (κ2) is 7.46. The van der Waals surface area contributed by atoms with Crippen molar-refractivity contribution in [2.75, 3.05) is 6.54 Å². The van der Waals surface area contributed by atoms with Crippen LogP contribution in [0, 0.1) is 11.3 Å². The van der Waals surface area contributed by atoms with Gasteiger partial charge < -0.3 is 10.6 Å². The average Bonchev–Trinajstić information content (AvgIpc) is 3.08. The van der Waals surface area contributed by atoms with Gasteiger partial charge in [-0.25, -0.2) is 0 Å². The molecule has 1 aliphatic rings. The number of rotatable bonds is 5. The first-order valence-corrected chi connectivity index (χ1v) is 8.60. The monoisotopic (exact) mass is 321 g/mol. The third-order valence-electron chi connectivity index (χ3n) is 4.82. The van der Waals surface area contributed by atoms with Crippen LogP contribution >= 0.6 is 0 Å². The lowest BCUT2D eigenvalue weighted by Crippen LogP contribution is -2.38. The standard InChI is InChI=1S/C20H23N3O/c21-14-18-8-4-12-23(18)20(24)13-17(22)11-10-16-7-3-6-15-5-1-2-9-19(15)16/h1-3,5-7,9,17-18H,4,8,10-13,22H2. The smallest absolute Gasteiger partial charge is 0.225 e. The number of likely N-dealkylation sites (tertiary alicyclic amines) is 1. The van der Waals surface area contributed by atoms with Crippen molar-refractivity contribution in [2.24, 2.45) is 5.73 Å². The second-order valence-corrected chi connectivity index (χ2v) is 6.52. The normalized spacial score (nSPS) is 18.5. The van der Waals surface area contributed by atoms with E-state index < -0.39 is 0 Å². The summed E-state index contributed by atoms with van der Waals surface area (Å²) in [5, 5.41) is 11.6. The molecule has 0 spiro atoms. The molecule has 1 heterocycles. The van der Waals surface area contributed by atoms with E-state index in [4.69, 9.17) is 11.0 Å². The molecule has 1 amide bonds. The van der Waals surface area contributed by atoms with Gasteiger partial charge in [-0.2, -0.15) is 5.26 Å². The van der Waals surface area contributed by atoms with Crippen molar-refractivity contribution in [2.45, 2.75) is 44.2 Å². The summed E-state index contributed by atoms with van der Waals surface area (Å²) >= 11 is 0. The zero-order valence-corrected chi connectivity index (χ0v) is 13.8. The maximum absolute atomic E-state index is 12.3. The Morgan fingerprint density at radius 1 is 1.29 bits per heavy atom. The Kier molecular flexibility index (Phi) is 5.12. The molecule has 0 aromatic heterocycles. The van der Waals surface area contributed by atoms with Crippen LogP contribution in [0.15, 0.2) is 42.5 Å². The first-order valence-electron chi connectivity index (χ1n) is 8.60. The molecule has 1 fully saturated rings. The molecule has 2 aromatic rings. The largest absolute Gasteiger partial charge is 0.327 e. The van der Waals surface area contributed by atoms with E-state index in [-0.39, 0.29) is 18.0 Å². The highest BCUT2D eigenvalue weighted by Crippen LogP contribution is 2.21. The number of nitriles is 1. The van der Waals surface area contributed by atoms with Crippen LogP contribution in [-0.4, -0.2) is 29.4 Å². The minimum absolute atomic E-state index is 0.0180. The van der Waals surface area contributed by atoms with Gasteiger partial charge in [0.1, 0.15) is 6.04 Å². The zero-order chi connectivity index (χ0) is 16.9. The molecular formula is C20H23N3O. The van der Waals surface area contributed by atoms with Crippen LogP contribution in [-0.2, 0) is 11.2 Å². The Hall–Kier alpha value is -2.38. The number of nitrogens with zero attached hydrogens (tertiary/aromatic N) is 2. The van der Waals surface area contributed by atoms with Crippen molar-refractivity contribution in [1.82, 2.24) is 4.90 Å². The summed E-state index contributed by atoms with van der Waals surface area (Å²) in [5.41, 5.74) is 7.46. The number of hydrogen-bond donors (Lipinski definition) is 1. The number of hydrogen-bond acceptors (Lipinski definition) is 3. The molecule has 2 N–H and O–H groups in total. The number of benzene rings is 2. The maximum atomic E-state index is 12.3. The highest BCUT2D eigenvalue weighted by Gasteiger charge is 2.29. The van der Waals surface area contributed by atoms with Gasteiger partial charge in [-0.3, -0.25) is 4.79 Å². The fourth-order valence-electron chi connectivity index (χ4n) is 3.49. The predicted molar refractivity (Wildman–Crippen MR) is 95.2 cm³/mol. The molecule has 24 heavy (non-hydrogen) atoms. The van der Waals surface area contributed by atoms with E-state index >= 15 is 0 Å². The van der Waals surface area contributed by atoms with Crippen LogP contribution in [0.3, 0.4) is 0 Å². The number of nitrogens with two attached hydrogens (primary N) is 1. The molecule has 1 saturated heterocycles. The quantitative estimate of drug-likeness (QED) is 0.920. The lowest BCUT2D eigenvalue weighted by atomic mass is 9.98. The molecule has 124 valence electrons. The van der Waals surface area contributed by atoms with Crippen molar-refractivity contribution in [3.8, 4) is 6.07 Å². The van der Waals surface area contributed by atoms with Crippen LogP contribution in [0.1, 0.15) is 31.2 Å². The molecule has 4 nitrogen and oxygen atoms in total. The summed E-state index contributed by atoms with van der Waals surface area (Å²) < 4.78 is 0. The van der Waals surface area contributed by atoms with Gasteiger partial charge in [0.25, 0.3) is 0 Å². The van der Waals surface area contributed by atoms with Gasteiger partial charge in [-0.05, 0) is 42.0 Å². The summed E-state index contributed by atoms with van der Waals surface area (Å²) in [7, 11) is 0. The van der Waals surface area contributed by atoms with E-state index in [0.717, 1.165) is 25.7 Å². The van der Waals surface area contributed by atoms with Gasteiger partial charge in [-0.1, -0.05) is 42.5 Å². The van der Waals surface area contributed by atoms with Gasteiger partial charge in [-0.15, -0.1) is 0 Å². The van der Waals surface area contributed by atoms with E-state index in [1.54, 1.807) is 4.90 Å². The topological polar surface area (TPSA) is 70.1 Å².